The SMILES string of the molecule is CC1(C)CCC(C)(C)C1C=CC(N)C(O)N[C@@H](C=O)CC(=O)O. The zero-order chi connectivity index (χ0) is 17.8. The van der Waals surface area contributed by atoms with Gasteiger partial charge in [-0.3, -0.25) is 10.1 Å². The Kier molecular flexibility index (Phi) is 6.50. The number of nitrogens with one attached hydrogen (secondary N) is 1. The highest BCUT2D eigenvalue weighted by Crippen LogP contribution is 2.54. The molecule has 0 bridgehead atoms. The summed E-state index contributed by atoms with van der Waals surface area (Å²) in [6.45, 7) is 8.91. The van der Waals surface area contributed by atoms with Crippen LogP contribution < -0.4 is 11.1 Å². The second-order valence-electron chi connectivity index (χ2n) is 7.87. The second-order valence-corrected chi connectivity index (χ2v) is 7.87. The van der Waals surface area contributed by atoms with Crippen molar-refractivity contribution in [2.24, 2.45) is 22.5 Å². The first-order valence-corrected chi connectivity index (χ1v) is 8.05. The maximum absolute atomic E-state index is 10.8. The molecule has 0 saturated heterocycles. The number of carbonyl (C=O) groups is 2. The van der Waals surface area contributed by atoms with Crippen LogP contribution in [0.25, 0.3) is 0 Å². The van der Waals surface area contributed by atoms with Crippen LogP contribution in [0.3, 0.4) is 0 Å². The summed E-state index contributed by atoms with van der Waals surface area (Å²) in [6, 6.07) is -1.67. The van der Waals surface area contributed by atoms with Crippen molar-refractivity contribution < 1.29 is 19.8 Å². The Morgan fingerprint density at radius 3 is 2.26 bits per heavy atom. The molecule has 0 radical (unpaired) electrons. The largest absolute Gasteiger partial charge is 0.481 e. The number of aliphatic hydroxyl groups excluding tert-OH is 1. The third-order valence-electron chi connectivity index (χ3n) is 4.93. The molecule has 0 heterocycles. The van der Waals surface area contributed by atoms with Crippen LogP contribution in [0.1, 0.15) is 47.0 Å². The van der Waals surface area contributed by atoms with E-state index in [4.69, 9.17) is 10.8 Å². The molecule has 1 rings (SSSR count). The minimum absolute atomic E-state index is 0.173. The number of hydrogen-bond acceptors (Lipinski definition) is 5. The smallest absolute Gasteiger partial charge is 0.305 e. The Bertz CT molecular complexity index is 444. The van der Waals surface area contributed by atoms with Gasteiger partial charge in [-0.05, 0) is 29.6 Å². The monoisotopic (exact) mass is 326 g/mol. The van der Waals surface area contributed by atoms with Gasteiger partial charge in [0.15, 0.2) is 0 Å². The third kappa shape index (κ3) is 5.41. The van der Waals surface area contributed by atoms with Crippen molar-refractivity contribution in [1.82, 2.24) is 5.32 Å². The Balaban J connectivity index is 2.68. The van der Waals surface area contributed by atoms with E-state index >= 15 is 0 Å². The number of nitrogens with two attached hydrogens (primary N) is 1. The lowest BCUT2D eigenvalue weighted by molar-refractivity contribution is -0.138. The standard InChI is InChI=1S/C17H30N2O4/c1-16(2)7-8-17(3,4)13(16)6-5-12(18)15(23)19-11(10-20)9-14(21)22/h5-6,10-13,15,19,23H,7-9,18H2,1-4H3,(H,21,22)/t11-,12?,15?/m1/s1. The first-order valence-electron chi connectivity index (χ1n) is 8.05. The molecule has 0 aromatic rings. The van der Waals surface area contributed by atoms with E-state index in [1.54, 1.807) is 6.08 Å². The highest BCUT2D eigenvalue weighted by molar-refractivity contribution is 5.73. The van der Waals surface area contributed by atoms with Gasteiger partial charge in [-0.1, -0.05) is 39.8 Å². The summed E-state index contributed by atoms with van der Waals surface area (Å²) in [6.07, 6.45) is 4.98. The van der Waals surface area contributed by atoms with Gasteiger partial charge in [0, 0.05) is 0 Å². The molecule has 1 aliphatic rings. The van der Waals surface area contributed by atoms with Gasteiger partial charge in [0.2, 0.25) is 0 Å². The maximum Gasteiger partial charge on any atom is 0.305 e. The van der Waals surface area contributed by atoms with Crippen molar-refractivity contribution in [2.45, 2.75) is 65.3 Å². The van der Waals surface area contributed by atoms with E-state index in [2.05, 4.69) is 39.1 Å². The number of aldehydes is 1. The van der Waals surface area contributed by atoms with Gasteiger partial charge in [-0.15, -0.1) is 0 Å². The minimum atomic E-state index is -1.17. The van der Waals surface area contributed by atoms with Crippen molar-refractivity contribution in [3.05, 3.63) is 12.2 Å². The van der Waals surface area contributed by atoms with E-state index < -0.39 is 24.3 Å². The molecule has 0 aliphatic heterocycles. The van der Waals surface area contributed by atoms with Crippen molar-refractivity contribution in [3.8, 4) is 0 Å². The van der Waals surface area contributed by atoms with Crippen LogP contribution in [0.4, 0.5) is 0 Å². The van der Waals surface area contributed by atoms with E-state index in [0.717, 1.165) is 12.8 Å². The summed E-state index contributed by atoms with van der Waals surface area (Å²) in [5, 5.41) is 21.3. The summed E-state index contributed by atoms with van der Waals surface area (Å²) in [5.74, 6) is -0.769. The molecule has 132 valence electrons. The fraction of sp³-hybridized carbons (Fsp3) is 0.765. The van der Waals surface area contributed by atoms with Crippen LogP contribution in [-0.2, 0) is 9.59 Å². The number of carbonyl (C=O) groups excluding carboxylic acids is 1. The maximum atomic E-state index is 10.8. The molecule has 6 heteroatoms. The first-order chi connectivity index (χ1) is 10.5. The number of aliphatic carboxylic acids is 1. The van der Waals surface area contributed by atoms with E-state index in [-0.39, 0.29) is 17.3 Å². The molecule has 1 aliphatic carbocycles. The van der Waals surface area contributed by atoms with E-state index in [1.165, 1.54) is 0 Å². The Morgan fingerprint density at radius 2 is 1.83 bits per heavy atom. The molecule has 1 fully saturated rings. The van der Waals surface area contributed by atoms with E-state index in [0.29, 0.717) is 12.2 Å². The van der Waals surface area contributed by atoms with E-state index in [9.17, 15) is 14.7 Å². The van der Waals surface area contributed by atoms with Gasteiger partial charge in [-0.2, -0.15) is 0 Å². The van der Waals surface area contributed by atoms with Gasteiger partial charge in [0.25, 0.3) is 0 Å². The number of aliphatic hydroxyl groups is 1. The number of rotatable bonds is 8. The van der Waals surface area contributed by atoms with Gasteiger partial charge >= 0.3 is 5.97 Å². The quantitative estimate of drug-likeness (QED) is 0.304. The summed E-state index contributed by atoms with van der Waals surface area (Å²) in [5.41, 5.74) is 6.29. The number of hydrogen-bond donors (Lipinski definition) is 4. The summed E-state index contributed by atoms with van der Waals surface area (Å²) in [7, 11) is 0. The zero-order valence-corrected chi connectivity index (χ0v) is 14.5. The molecular weight excluding hydrogens is 296 g/mol. The van der Waals surface area contributed by atoms with Crippen molar-refractivity contribution in [1.29, 1.82) is 0 Å². The molecular formula is C17H30N2O4. The van der Waals surface area contributed by atoms with Crippen molar-refractivity contribution in [3.63, 3.8) is 0 Å². The summed E-state index contributed by atoms with van der Waals surface area (Å²) >= 11 is 0. The van der Waals surface area contributed by atoms with Crippen molar-refractivity contribution >= 4 is 12.3 Å². The minimum Gasteiger partial charge on any atom is -0.481 e. The fourth-order valence-corrected chi connectivity index (χ4v) is 3.54. The fourth-order valence-electron chi connectivity index (χ4n) is 3.54. The Labute approximate surface area is 138 Å². The van der Waals surface area contributed by atoms with Crippen LogP contribution in [0.2, 0.25) is 0 Å². The lowest BCUT2D eigenvalue weighted by Crippen LogP contribution is -2.49. The predicted molar refractivity (Wildman–Crippen MR) is 88.6 cm³/mol. The normalized spacial score (nSPS) is 24.4. The lowest BCUT2D eigenvalue weighted by atomic mass is 9.72. The average molecular weight is 326 g/mol. The number of carboxylic acids is 1. The molecule has 3 atom stereocenters. The van der Waals surface area contributed by atoms with Crippen LogP contribution in [0, 0.1) is 16.7 Å². The Hall–Kier alpha value is -1.24. The van der Waals surface area contributed by atoms with Gasteiger partial charge < -0.3 is 20.7 Å². The van der Waals surface area contributed by atoms with Crippen LogP contribution in [0.5, 0.6) is 0 Å². The molecule has 0 aromatic carbocycles. The zero-order valence-electron chi connectivity index (χ0n) is 14.5. The van der Waals surface area contributed by atoms with Gasteiger partial charge in [0.1, 0.15) is 12.5 Å². The van der Waals surface area contributed by atoms with Crippen LogP contribution in [-0.4, -0.2) is 40.8 Å². The van der Waals surface area contributed by atoms with Gasteiger partial charge in [0.05, 0.1) is 18.5 Å². The summed E-state index contributed by atoms with van der Waals surface area (Å²) in [4.78, 5) is 21.5. The molecule has 1 saturated carbocycles. The average Bonchev–Trinajstić information content (AvgIpc) is 2.64. The topological polar surface area (TPSA) is 113 Å². The Morgan fingerprint density at radius 1 is 1.30 bits per heavy atom. The van der Waals surface area contributed by atoms with Gasteiger partial charge in [-0.25, -0.2) is 0 Å². The molecule has 5 N–H and O–H groups in total. The summed E-state index contributed by atoms with van der Waals surface area (Å²) < 4.78 is 0. The van der Waals surface area contributed by atoms with E-state index in [1.807, 2.05) is 0 Å². The second kappa shape index (κ2) is 7.55. The predicted octanol–water partition coefficient (Wildman–Crippen LogP) is 1.28. The molecule has 0 aromatic heterocycles. The highest BCUT2D eigenvalue weighted by atomic mass is 16.4. The molecule has 23 heavy (non-hydrogen) atoms. The molecule has 0 amide bonds. The molecule has 2 unspecified atom stereocenters. The molecule has 0 spiro atoms. The lowest BCUT2D eigenvalue weighted by Gasteiger charge is -2.33. The molecule has 6 nitrogen and oxygen atoms in total. The highest BCUT2D eigenvalue weighted by Gasteiger charge is 2.45. The van der Waals surface area contributed by atoms with Crippen molar-refractivity contribution in [2.75, 3.05) is 0 Å². The van der Waals surface area contributed by atoms with Crippen LogP contribution in [0.15, 0.2) is 12.2 Å². The number of allylic oxidation sites excluding steroid dienone is 1. The first kappa shape index (κ1) is 19.8. The third-order valence-corrected chi connectivity index (χ3v) is 4.93. The van der Waals surface area contributed by atoms with Crippen LogP contribution >= 0.6 is 0 Å². The number of carboxylic acid groups (broad SMARTS) is 1.